The maximum Gasteiger partial charge on any atom is 0.419 e. The molecule has 0 bridgehead atoms. The number of aromatic hydroxyl groups is 1. The molecule has 0 radical (unpaired) electrons. The van der Waals surface area contributed by atoms with Gasteiger partial charge in [0.25, 0.3) is 0 Å². The second-order valence-corrected chi connectivity index (χ2v) is 14.3. The van der Waals surface area contributed by atoms with Gasteiger partial charge in [-0.1, -0.05) is 12.5 Å². The fraction of sp³-hybridized carbons (Fsp3) is 0.474. The number of halogens is 3. The zero-order valence-corrected chi connectivity index (χ0v) is 27.6. The minimum absolute atomic E-state index is 0.0713. The second kappa shape index (κ2) is 14.1. The van der Waals surface area contributed by atoms with Gasteiger partial charge in [-0.2, -0.15) is 13.2 Å². The highest BCUT2D eigenvalue weighted by molar-refractivity contribution is 7.22. The molecule has 3 fully saturated rings. The van der Waals surface area contributed by atoms with Crippen molar-refractivity contribution in [2.24, 2.45) is 0 Å². The molecule has 0 unspecified atom stereocenters. The number of fused-ring (bicyclic) bond motifs is 1. The molecule has 2 saturated heterocycles. The van der Waals surface area contributed by atoms with Gasteiger partial charge >= 0.3 is 6.18 Å². The Morgan fingerprint density at radius 3 is 2.34 bits per heavy atom. The number of rotatable bonds is 10. The van der Waals surface area contributed by atoms with E-state index in [1.165, 1.54) is 25.0 Å². The molecule has 1 aliphatic carbocycles. The number of alkyl halides is 3. The summed E-state index contributed by atoms with van der Waals surface area (Å²) >= 11 is 1.54. The fourth-order valence-corrected chi connectivity index (χ4v) is 8.89. The molecule has 1 aromatic heterocycles. The quantitative estimate of drug-likeness (QED) is 0.183. The average molecular weight is 665 g/mol. The number of thiophene rings is 1. The molecule has 7 rings (SSSR count). The van der Waals surface area contributed by atoms with E-state index in [1.54, 1.807) is 29.5 Å². The Kier molecular flexibility index (Phi) is 9.66. The maximum atomic E-state index is 14.6. The lowest BCUT2D eigenvalue weighted by atomic mass is 9.91. The standard InChI is InChI=1S/C38H43F3N2O3S/c39-38(40,41)32-24-26(9-16-34(32)46-35-8-2-1-7-33(35)43-19-5-6-20-43)23-31-30-15-12-28(44)25-36(30)47-37(31)27-10-13-29(14-11-27)45-22-21-42-17-3-4-18-42/h9-16,24-25,33,35,44H,1-8,17-23H2/t33-,35-/m1/s1. The van der Waals surface area contributed by atoms with Crippen molar-refractivity contribution in [1.82, 2.24) is 9.80 Å². The van der Waals surface area contributed by atoms with Gasteiger partial charge in [0.15, 0.2) is 0 Å². The lowest BCUT2D eigenvalue weighted by Crippen LogP contribution is -2.46. The molecule has 4 aromatic rings. The van der Waals surface area contributed by atoms with E-state index in [2.05, 4.69) is 9.80 Å². The predicted molar refractivity (Wildman–Crippen MR) is 182 cm³/mol. The van der Waals surface area contributed by atoms with Crippen molar-refractivity contribution in [2.75, 3.05) is 39.3 Å². The van der Waals surface area contributed by atoms with Crippen molar-refractivity contribution in [1.29, 1.82) is 0 Å². The van der Waals surface area contributed by atoms with Crippen LogP contribution in [-0.4, -0.2) is 66.4 Å². The summed E-state index contributed by atoms with van der Waals surface area (Å²) in [5.41, 5.74) is 1.76. The van der Waals surface area contributed by atoms with Crippen molar-refractivity contribution < 1.29 is 27.8 Å². The largest absolute Gasteiger partial charge is 0.508 e. The van der Waals surface area contributed by atoms with Crippen LogP contribution in [0.4, 0.5) is 13.2 Å². The van der Waals surface area contributed by atoms with E-state index in [0.29, 0.717) is 18.6 Å². The van der Waals surface area contributed by atoms with Crippen LogP contribution in [0.15, 0.2) is 60.7 Å². The van der Waals surface area contributed by atoms with Crippen LogP contribution in [-0.2, 0) is 12.6 Å². The van der Waals surface area contributed by atoms with Crippen LogP contribution >= 0.6 is 11.3 Å². The van der Waals surface area contributed by atoms with Gasteiger partial charge in [0, 0.05) is 22.2 Å². The van der Waals surface area contributed by atoms with E-state index in [0.717, 1.165) is 103 Å². The molecule has 0 amide bonds. The molecule has 3 aliphatic rings. The first-order chi connectivity index (χ1) is 22.8. The first kappa shape index (κ1) is 32.3. The minimum Gasteiger partial charge on any atom is -0.508 e. The van der Waals surface area contributed by atoms with Crippen LogP contribution in [0.5, 0.6) is 17.2 Å². The molecule has 9 heteroatoms. The Balaban J connectivity index is 1.15. The third-order valence-electron chi connectivity index (χ3n) is 10.1. The summed E-state index contributed by atoms with van der Waals surface area (Å²) in [7, 11) is 0. The normalized spacial score (nSPS) is 21.1. The van der Waals surface area contributed by atoms with Gasteiger partial charge in [-0.3, -0.25) is 9.80 Å². The van der Waals surface area contributed by atoms with Gasteiger partial charge in [0.1, 0.15) is 30.0 Å². The van der Waals surface area contributed by atoms with Crippen molar-refractivity contribution in [3.63, 3.8) is 0 Å². The van der Waals surface area contributed by atoms with E-state index in [4.69, 9.17) is 9.47 Å². The van der Waals surface area contributed by atoms with Gasteiger partial charge in [-0.15, -0.1) is 11.3 Å². The summed E-state index contributed by atoms with van der Waals surface area (Å²) in [6.45, 7) is 5.80. The van der Waals surface area contributed by atoms with Crippen LogP contribution in [0, 0.1) is 0 Å². The van der Waals surface area contributed by atoms with Crippen LogP contribution in [0.25, 0.3) is 20.5 Å². The van der Waals surface area contributed by atoms with Gasteiger partial charge < -0.3 is 14.6 Å². The highest BCUT2D eigenvalue weighted by Gasteiger charge is 2.38. The molecule has 1 N–H and O–H groups in total. The summed E-state index contributed by atoms with van der Waals surface area (Å²) in [6.07, 6.45) is 4.14. The molecule has 2 atom stereocenters. The maximum absolute atomic E-state index is 14.6. The van der Waals surface area contributed by atoms with Crippen LogP contribution < -0.4 is 9.47 Å². The lowest BCUT2D eigenvalue weighted by Gasteiger charge is -2.38. The van der Waals surface area contributed by atoms with Crippen LogP contribution in [0.1, 0.15) is 68.1 Å². The molecular formula is C38H43F3N2O3S. The van der Waals surface area contributed by atoms with Crippen molar-refractivity contribution >= 4 is 21.4 Å². The highest BCUT2D eigenvalue weighted by atomic mass is 32.1. The summed E-state index contributed by atoms with van der Waals surface area (Å²) in [5.74, 6) is 0.885. The number of hydrogen-bond acceptors (Lipinski definition) is 6. The second-order valence-electron chi connectivity index (χ2n) is 13.3. The predicted octanol–water partition coefficient (Wildman–Crippen LogP) is 9.14. The minimum atomic E-state index is -4.54. The Labute approximate surface area is 278 Å². The Bertz CT molecular complexity index is 1660. The number of ether oxygens (including phenoxy) is 2. The molecule has 2 aliphatic heterocycles. The Hall–Kier alpha value is -3.27. The van der Waals surface area contributed by atoms with E-state index >= 15 is 0 Å². The molecule has 5 nitrogen and oxygen atoms in total. The molecule has 0 spiro atoms. The van der Waals surface area contributed by atoms with Gasteiger partial charge in [-0.05, 0) is 154 Å². The first-order valence-electron chi connectivity index (χ1n) is 17.1. The van der Waals surface area contributed by atoms with E-state index < -0.39 is 11.7 Å². The monoisotopic (exact) mass is 664 g/mol. The number of hydrogen-bond donors (Lipinski definition) is 1. The fourth-order valence-electron chi connectivity index (χ4n) is 7.63. The van der Waals surface area contributed by atoms with Crippen LogP contribution in [0.3, 0.4) is 0 Å². The zero-order valence-electron chi connectivity index (χ0n) is 26.7. The summed E-state index contributed by atoms with van der Waals surface area (Å²) < 4.78 is 56.9. The lowest BCUT2D eigenvalue weighted by molar-refractivity contribution is -0.139. The Morgan fingerprint density at radius 1 is 0.830 bits per heavy atom. The zero-order chi connectivity index (χ0) is 32.4. The highest BCUT2D eigenvalue weighted by Crippen LogP contribution is 2.43. The Morgan fingerprint density at radius 2 is 1.57 bits per heavy atom. The molecule has 47 heavy (non-hydrogen) atoms. The van der Waals surface area contributed by atoms with Crippen molar-refractivity contribution in [2.45, 2.75) is 76.1 Å². The smallest absolute Gasteiger partial charge is 0.419 e. The molecule has 250 valence electrons. The van der Waals surface area contributed by atoms with Crippen molar-refractivity contribution in [3.8, 4) is 27.7 Å². The van der Waals surface area contributed by atoms with Crippen LogP contribution in [0.2, 0.25) is 0 Å². The molecule has 1 saturated carbocycles. The molecular weight excluding hydrogens is 621 g/mol. The number of nitrogens with zero attached hydrogens (tertiary/aromatic N) is 2. The number of phenolic OH excluding ortho intramolecular Hbond substituents is 1. The molecule has 3 aromatic carbocycles. The third-order valence-corrected chi connectivity index (χ3v) is 11.3. The first-order valence-corrected chi connectivity index (χ1v) is 17.9. The van der Waals surface area contributed by atoms with Gasteiger partial charge in [0.2, 0.25) is 0 Å². The summed E-state index contributed by atoms with van der Waals surface area (Å²) in [6, 6.07) is 17.9. The van der Waals surface area contributed by atoms with Gasteiger partial charge in [-0.25, -0.2) is 0 Å². The topological polar surface area (TPSA) is 45.2 Å². The molecule has 3 heterocycles. The SMILES string of the molecule is Oc1ccc2c(Cc3ccc(O[C@@H]4CCCC[C@H]4N4CCCC4)c(C(F)(F)F)c3)c(-c3ccc(OCCN4CCCC4)cc3)sc2c1. The number of phenols is 1. The average Bonchev–Trinajstić information content (AvgIpc) is 3.85. The summed E-state index contributed by atoms with van der Waals surface area (Å²) in [4.78, 5) is 5.80. The number of likely N-dealkylation sites (tertiary alicyclic amines) is 2. The van der Waals surface area contributed by atoms with Crippen molar-refractivity contribution in [3.05, 3.63) is 77.4 Å². The van der Waals surface area contributed by atoms with E-state index in [9.17, 15) is 18.3 Å². The van der Waals surface area contributed by atoms with E-state index in [1.807, 2.05) is 30.3 Å². The summed E-state index contributed by atoms with van der Waals surface area (Å²) in [5, 5.41) is 11.1. The van der Waals surface area contributed by atoms with E-state index in [-0.39, 0.29) is 23.6 Å². The van der Waals surface area contributed by atoms with Gasteiger partial charge in [0.05, 0.1) is 5.56 Å². The third kappa shape index (κ3) is 7.42. The number of benzene rings is 3.